The molecule has 0 spiro atoms. The lowest BCUT2D eigenvalue weighted by atomic mass is 10.0. The van der Waals surface area contributed by atoms with E-state index in [1.165, 1.54) is 12.3 Å². The number of benzene rings is 1. The highest BCUT2D eigenvalue weighted by Gasteiger charge is 2.23. The summed E-state index contributed by atoms with van der Waals surface area (Å²) in [5.74, 6) is -4.50. The predicted molar refractivity (Wildman–Crippen MR) is 56.2 cm³/mol. The number of carbonyl (C=O) groups is 1. The first-order valence-corrected chi connectivity index (χ1v) is 5.22. The molecular weight excluding hydrogens is 301 g/mol. The molecule has 0 saturated heterocycles. The van der Waals surface area contributed by atoms with E-state index in [0.29, 0.717) is 12.1 Å². The summed E-state index contributed by atoms with van der Waals surface area (Å²) in [4.78, 5) is 11.8. The zero-order chi connectivity index (χ0) is 12.6. The Morgan fingerprint density at radius 2 is 1.76 bits per heavy atom. The van der Waals surface area contributed by atoms with Crippen LogP contribution in [0.15, 0.2) is 33.5 Å². The van der Waals surface area contributed by atoms with Crippen molar-refractivity contribution in [1.82, 2.24) is 0 Å². The van der Waals surface area contributed by atoms with E-state index in [9.17, 15) is 18.0 Å². The maximum atomic E-state index is 13.3. The van der Waals surface area contributed by atoms with E-state index >= 15 is 0 Å². The second kappa shape index (κ2) is 4.37. The van der Waals surface area contributed by atoms with Gasteiger partial charge < -0.3 is 4.42 Å². The lowest BCUT2D eigenvalue weighted by Gasteiger charge is -2.03. The summed E-state index contributed by atoms with van der Waals surface area (Å²) in [7, 11) is 0. The Balaban J connectivity index is 2.56. The van der Waals surface area contributed by atoms with Gasteiger partial charge >= 0.3 is 0 Å². The van der Waals surface area contributed by atoms with Gasteiger partial charge in [-0.3, -0.25) is 4.79 Å². The summed E-state index contributed by atoms with van der Waals surface area (Å²) in [6.45, 7) is 0. The standard InChI is InChI=1S/C11H4BrF3O2/c12-11-6(1-2-17-11)10(16)9-7(14)3-5(13)4-8(9)15/h1-4H. The molecule has 88 valence electrons. The van der Waals surface area contributed by atoms with Gasteiger partial charge in [0.2, 0.25) is 5.78 Å². The van der Waals surface area contributed by atoms with Crippen LogP contribution in [0.3, 0.4) is 0 Å². The Morgan fingerprint density at radius 1 is 1.18 bits per heavy atom. The van der Waals surface area contributed by atoms with Crippen molar-refractivity contribution >= 4 is 21.7 Å². The van der Waals surface area contributed by atoms with Gasteiger partial charge in [-0.1, -0.05) is 0 Å². The highest BCUT2D eigenvalue weighted by molar-refractivity contribution is 9.10. The zero-order valence-corrected chi connectivity index (χ0v) is 9.72. The first-order chi connectivity index (χ1) is 8.00. The number of carbonyl (C=O) groups excluding carboxylic acids is 1. The molecule has 0 amide bonds. The average molecular weight is 305 g/mol. The van der Waals surface area contributed by atoms with Gasteiger partial charge in [0.05, 0.1) is 17.4 Å². The molecule has 0 atom stereocenters. The highest BCUT2D eigenvalue weighted by Crippen LogP contribution is 2.24. The highest BCUT2D eigenvalue weighted by atomic mass is 79.9. The molecule has 1 heterocycles. The zero-order valence-electron chi connectivity index (χ0n) is 8.14. The number of rotatable bonds is 2. The largest absolute Gasteiger partial charge is 0.457 e. The lowest BCUT2D eigenvalue weighted by molar-refractivity contribution is 0.102. The summed E-state index contributed by atoms with van der Waals surface area (Å²) in [6.07, 6.45) is 1.19. The average Bonchev–Trinajstić information content (AvgIpc) is 2.62. The molecule has 1 aromatic carbocycles. The molecule has 0 N–H and O–H groups in total. The third-order valence-corrected chi connectivity index (χ3v) is 2.71. The molecule has 1 aromatic heterocycles. The number of ketones is 1. The molecule has 0 aliphatic heterocycles. The third-order valence-electron chi connectivity index (χ3n) is 2.10. The van der Waals surface area contributed by atoms with E-state index in [-0.39, 0.29) is 10.2 Å². The summed E-state index contributed by atoms with van der Waals surface area (Å²) < 4.78 is 44.2. The molecule has 0 unspecified atom stereocenters. The van der Waals surface area contributed by atoms with Crippen molar-refractivity contribution < 1.29 is 22.4 Å². The Labute approximate surface area is 102 Å². The summed E-state index contributed by atoms with van der Waals surface area (Å²) >= 11 is 2.92. The van der Waals surface area contributed by atoms with Crippen molar-refractivity contribution in [2.24, 2.45) is 0 Å². The fourth-order valence-corrected chi connectivity index (χ4v) is 1.77. The fraction of sp³-hybridized carbons (Fsp3) is 0. The lowest BCUT2D eigenvalue weighted by Crippen LogP contribution is -2.07. The molecular formula is C11H4BrF3O2. The van der Waals surface area contributed by atoms with E-state index in [1.807, 2.05) is 0 Å². The van der Waals surface area contributed by atoms with E-state index in [0.717, 1.165) is 0 Å². The van der Waals surface area contributed by atoms with Crippen LogP contribution >= 0.6 is 15.9 Å². The van der Waals surface area contributed by atoms with Crippen LogP contribution in [0, 0.1) is 17.5 Å². The maximum absolute atomic E-state index is 13.3. The van der Waals surface area contributed by atoms with Crippen molar-refractivity contribution in [1.29, 1.82) is 0 Å². The minimum absolute atomic E-state index is 0.0330. The molecule has 2 aromatic rings. The van der Waals surface area contributed by atoms with Gasteiger partial charge in [-0.2, -0.15) is 0 Å². The minimum atomic E-state index is -1.25. The first kappa shape index (κ1) is 11.9. The number of furan rings is 1. The molecule has 6 heteroatoms. The molecule has 0 radical (unpaired) electrons. The van der Waals surface area contributed by atoms with Crippen LogP contribution < -0.4 is 0 Å². The van der Waals surface area contributed by atoms with Gasteiger partial charge in [0.1, 0.15) is 17.5 Å². The van der Waals surface area contributed by atoms with Gasteiger partial charge in [-0.25, -0.2) is 13.2 Å². The Hall–Kier alpha value is -1.56. The maximum Gasteiger partial charge on any atom is 0.203 e. The first-order valence-electron chi connectivity index (χ1n) is 4.43. The van der Waals surface area contributed by atoms with Crippen molar-refractivity contribution in [2.45, 2.75) is 0 Å². The molecule has 0 aliphatic rings. The number of halogens is 4. The van der Waals surface area contributed by atoms with Crippen LogP contribution in [0.5, 0.6) is 0 Å². The van der Waals surface area contributed by atoms with Crippen molar-refractivity contribution in [3.8, 4) is 0 Å². The van der Waals surface area contributed by atoms with Gasteiger partial charge in [-0.15, -0.1) is 0 Å². The second-order valence-corrected chi connectivity index (χ2v) is 3.90. The second-order valence-electron chi connectivity index (χ2n) is 3.18. The summed E-state index contributed by atoms with van der Waals surface area (Å²) in [6, 6.07) is 2.16. The van der Waals surface area contributed by atoms with Crippen molar-refractivity contribution in [3.05, 3.63) is 57.7 Å². The molecule has 2 rings (SSSR count). The normalized spacial score (nSPS) is 10.6. The van der Waals surface area contributed by atoms with E-state index in [1.54, 1.807) is 0 Å². The third kappa shape index (κ3) is 2.12. The molecule has 2 nitrogen and oxygen atoms in total. The molecule has 0 bridgehead atoms. The summed E-state index contributed by atoms with van der Waals surface area (Å²) in [5, 5.41) is 0. The van der Waals surface area contributed by atoms with Crippen molar-refractivity contribution in [2.75, 3.05) is 0 Å². The summed E-state index contributed by atoms with van der Waals surface area (Å²) in [5.41, 5.74) is -0.845. The predicted octanol–water partition coefficient (Wildman–Crippen LogP) is 3.69. The molecule has 0 saturated carbocycles. The molecule has 17 heavy (non-hydrogen) atoms. The van der Waals surface area contributed by atoms with Crippen LogP contribution in [0.4, 0.5) is 13.2 Å². The topological polar surface area (TPSA) is 30.2 Å². The monoisotopic (exact) mass is 304 g/mol. The van der Waals surface area contributed by atoms with Crippen LogP contribution in [-0.4, -0.2) is 5.78 Å². The Kier molecular flexibility index (Phi) is 3.06. The smallest absolute Gasteiger partial charge is 0.203 e. The number of hydrogen-bond acceptors (Lipinski definition) is 2. The van der Waals surface area contributed by atoms with Crippen LogP contribution in [0.2, 0.25) is 0 Å². The van der Waals surface area contributed by atoms with Crippen LogP contribution in [-0.2, 0) is 0 Å². The molecule has 0 fully saturated rings. The van der Waals surface area contributed by atoms with Gasteiger partial charge in [-0.05, 0) is 22.0 Å². The Morgan fingerprint density at radius 3 is 2.24 bits per heavy atom. The quantitative estimate of drug-likeness (QED) is 0.792. The SMILES string of the molecule is O=C(c1ccoc1Br)c1c(F)cc(F)cc1F. The van der Waals surface area contributed by atoms with Crippen LogP contribution in [0.1, 0.15) is 15.9 Å². The Bertz CT molecular complexity index is 569. The minimum Gasteiger partial charge on any atom is -0.457 e. The van der Waals surface area contributed by atoms with Crippen molar-refractivity contribution in [3.63, 3.8) is 0 Å². The fourth-order valence-electron chi connectivity index (χ4n) is 1.35. The molecule has 0 aliphatic carbocycles. The van der Waals surface area contributed by atoms with Gasteiger partial charge in [0.25, 0.3) is 0 Å². The van der Waals surface area contributed by atoms with E-state index in [2.05, 4.69) is 15.9 Å². The van der Waals surface area contributed by atoms with Gasteiger partial charge in [0, 0.05) is 12.1 Å². The van der Waals surface area contributed by atoms with E-state index < -0.39 is 28.8 Å². The van der Waals surface area contributed by atoms with Crippen LogP contribution in [0.25, 0.3) is 0 Å². The van der Waals surface area contributed by atoms with Gasteiger partial charge in [0.15, 0.2) is 4.67 Å². The number of hydrogen-bond donors (Lipinski definition) is 0. The van der Waals surface area contributed by atoms with E-state index in [4.69, 9.17) is 4.42 Å².